The summed E-state index contributed by atoms with van der Waals surface area (Å²) in [6.45, 7) is 3.89. The normalized spacial score (nSPS) is 23.4. The number of benzene rings is 2. The highest BCUT2D eigenvalue weighted by Gasteiger charge is 2.36. The standard InChI is InChI=1S/C20H24N2O3S/c23-20(18-8-13-26(24,25)15-18)22-11-9-21(10-12-22)14-17-6-3-5-16-4-1-2-7-19(16)17/h1-7,18H,8-15H2/t18-/m0/s1. The monoisotopic (exact) mass is 372 g/mol. The Morgan fingerprint density at radius 3 is 2.46 bits per heavy atom. The van der Waals surface area contributed by atoms with E-state index in [0.29, 0.717) is 19.5 Å². The van der Waals surface area contributed by atoms with Crippen LogP contribution < -0.4 is 0 Å². The number of rotatable bonds is 3. The van der Waals surface area contributed by atoms with Crippen LogP contribution in [0.4, 0.5) is 0 Å². The first-order valence-corrected chi connectivity index (χ1v) is 11.0. The van der Waals surface area contributed by atoms with Gasteiger partial charge in [0.05, 0.1) is 17.4 Å². The van der Waals surface area contributed by atoms with E-state index in [1.165, 1.54) is 16.3 Å². The molecule has 2 aromatic rings. The maximum Gasteiger partial charge on any atom is 0.226 e. The van der Waals surface area contributed by atoms with E-state index in [0.717, 1.165) is 19.6 Å². The number of piperazine rings is 1. The quantitative estimate of drug-likeness (QED) is 0.826. The van der Waals surface area contributed by atoms with Crippen LogP contribution in [0.5, 0.6) is 0 Å². The highest BCUT2D eigenvalue weighted by Crippen LogP contribution is 2.23. The lowest BCUT2D eigenvalue weighted by atomic mass is 10.0. The first-order valence-electron chi connectivity index (χ1n) is 9.20. The molecule has 0 aliphatic carbocycles. The van der Waals surface area contributed by atoms with E-state index < -0.39 is 9.84 Å². The molecular formula is C20H24N2O3S. The number of fused-ring (bicyclic) bond motifs is 1. The molecule has 1 amide bonds. The molecule has 1 atom stereocenters. The fraction of sp³-hybridized carbons (Fsp3) is 0.450. The van der Waals surface area contributed by atoms with Crippen molar-refractivity contribution in [2.75, 3.05) is 37.7 Å². The lowest BCUT2D eigenvalue weighted by Gasteiger charge is -2.36. The number of carbonyl (C=O) groups is 1. The van der Waals surface area contributed by atoms with E-state index in [9.17, 15) is 13.2 Å². The lowest BCUT2D eigenvalue weighted by Crippen LogP contribution is -2.50. The van der Waals surface area contributed by atoms with Crippen molar-refractivity contribution in [2.24, 2.45) is 5.92 Å². The Balaban J connectivity index is 1.37. The molecule has 0 unspecified atom stereocenters. The molecule has 138 valence electrons. The largest absolute Gasteiger partial charge is 0.340 e. The maximum absolute atomic E-state index is 12.6. The summed E-state index contributed by atoms with van der Waals surface area (Å²) in [5.41, 5.74) is 1.31. The summed E-state index contributed by atoms with van der Waals surface area (Å²) in [6.07, 6.45) is 0.484. The lowest BCUT2D eigenvalue weighted by molar-refractivity contribution is -0.136. The maximum atomic E-state index is 12.6. The van der Waals surface area contributed by atoms with Gasteiger partial charge >= 0.3 is 0 Å². The average molecular weight is 372 g/mol. The van der Waals surface area contributed by atoms with Gasteiger partial charge in [-0.2, -0.15) is 0 Å². The second-order valence-corrected chi connectivity index (χ2v) is 9.57. The molecule has 0 spiro atoms. The van der Waals surface area contributed by atoms with E-state index in [-0.39, 0.29) is 23.3 Å². The molecule has 26 heavy (non-hydrogen) atoms. The van der Waals surface area contributed by atoms with Crippen molar-refractivity contribution in [3.05, 3.63) is 48.0 Å². The van der Waals surface area contributed by atoms with Gasteiger partial charge in [-0.15, -0.1) is 0 Å². The number of carbonyl (C=O) groups excluding carboxylic acids is 1. The van der Waals surface area contributed by atoms with Gasteiger partial charge in [0.2, 0.25) is 5.91 Å². The van der Waals surface area contributed by atoms with Gasteiger partial charge in [0.15, 0.2) is 9.84 Å². The molecule has 2 aliphatic heterocycles. The van der Waals surface area contributed by atoms with E-state index in [4.69, 9.17) is 0 Å². The third-order valence-corrected chi connectivity index (χ3v) is 7.31. The Hall–Kier alpha value is -1.92. The van der Waals surface area contributed by atoms with Crippen molar-refractivity contribution in [3.8, 4) is 0 Å². The minimum absolute atomic E-state index is 0.0240. The molecule has 5 nitrogen and oxygen atoms in total. The molecule has 0 aromatic heterocycles. The number of hydrogen-bond donors (Lipinski definition) is 0. The van der Waals surface area contributed by atoms with Crippen molar-refractivity contribution >= 4 is 26.5 Å². The van der Waals surface area contributed by atoms with Crippen molar-refractivity contribution in [2.45, 2.75) is 13.0 Å². The molecule has 4 rings (SSSR count). The third-order valence-electron chi connectivity index (χ3n) is 5.54. The van der Waals surface area contributed by atoms with Crippen LogP contribution in [0.25, 0.3) is 10.8 Å². The molecule has 0 bridgehead atoms. The summed E-state index contributed by atoms with van der Waals surface area (Å²) < 4.78 is 23.2. The molecule has 0 saturated carbocycles. The Kier molecular flexibility index (Phi) is 4.71. The molecule has 2 saturated heterocycles. The van der Waals surface area contributed by atoms with Crippen molar-refractivity contribution < 1.29 is 13.2 Å². The summed E-state index contributed by atoms with van der Waals surface area (Å²) in [7, 11) is -3.01. The third kappa shape index (κ3) is 3.62. The smallest absolute Gasteiger partial charge is 0.226 e. The highest BCUT2D eigenvalue weighted by atomic mass is 32.2. The zero-order valence-corrected chi connectivity index (χ0v) is 15.6. The zero-order chi connectivity index (χ0) is 18.1. The summed E-state index contributed by atoms with van der Waals surface area (Å²) in [5.74, 6) is -0.118. The number of amides is 1. The molecule has 2 aliphatic rings. The SMILES string of the molecule is O=C([C@H]1CCS(=O)(=O)C1)N1CCN(Cc2cccc3ccccc23)CC1. The van der Waals surface area contributed by atoms with Gasteiger partial charge < -0.3 is 4.90 Å². The van der Waals surface area contributed by atoms with Crippen LogP contribution in [-0.2, 0) is 21.2 Å². The summed E-state index contributed by atoms with van der Waals surface area (Å²) in [6, 6.07) is 14.8. The first-order chi connectivity index (χ1) is 12.5. The summed E-state index contributed by atoms with van der Waals surface area (Å²) >= 11 is 0. The van der Waals surface area contributed by atoms with Crippen LogP contribution in [0.15, 0.2) is 42.5 Å². The Morgan fingerprint density at radius 1 is 1.00 bits per heavy atom. The molecule has 6 heteroatoms. The second-order valence-electron chi connectivity index (χ2n) is 7.34. The predicted molar refractivity (Wildman–Crippen MR) is 103 cm³/mol. The number of sulfone groups is 1. The molecule has 0 radical (unpaired) electrons. The fourth-order valence-electron chi connectivity index (χ4n) is 4.05. The summed E-state index contributed by atoms with van der Waals surface area (Å²) in [5, 5.41) is 2.53. The molecule has 2 heterocycles. The van der Waals surface area contributed by atoms with Crippen LogP contribution >= 0.6 is 0 Å². The summed E-state index contributed by atoms with van der Waals surface area (Å²) in [4.78, 5) is 16.8. The van der Waals surface area contributed by atoms with Crippen LogP contribution in [-0.4, -0.2) is 61.8 Å². The number of hydrogen-bond acceptors (Lipinski definition) is 4. The van der Waals surface area contributed by atoms with E-state index in [2.05, 4.69) is 47.4 Å². The van der Waals surface area contributed by atoms with Gasteiger partial charge in [-0.05, 0) is 22.8 Å². The van der Waals surface area contributed by atoms with Crippen molar-refractivity contribution in [1.82, 2.24) is 9.80 Å². The second kappa shape index (κ2) is 7.00. The van der Waals surface area contributed by atoms with Crippen molar-refractivity contribution in [3.63, 3.8) is 0 Å². The first kappa shape index (κ1) is 17.5. The van der Waals surface area contributed by atoms with Crippen LogP contribution in [0.1, 0.15) is 12.0 Å². The fourth-order valence-corrected chi connectivity index (χ4v) is 5.78. The minimum atomic E-state index is -3.01. The Bertz CT molecular complexity index is 912. The zero-order valence-electron chi connectivity index (χ0n) is 14.8. The van der Waals surface area contributed by atoms with E-state index in [1.807, 2.05) is 4.90 Å². The van der Waals surface area contributed by atoms with Gasteiger partial charge in [-0.25, -0.2) is 8.42 Å². The van der Waals surface area contributed by atoms with Gasteiger partial charge in [-0.3, -0.25) is 9.69 Å². The minimum Gasteiger partial charge on any atom is -0.340 e. The topological polar surface area (TPSA) is 57.7 Å². The Labute approximate surface area is 154 Å². The van der Waals surface area contributed by atoms with E-state index in [1.54, 1.807) is 0 Å². The molecule has 2 aromatic carbocycles. The van der Waals surface area contributed by atoms with Crippen LogP contribution in [0.3, 0.4) is 0 Å². The van der Waals surface area contributed by atoms with Crippen molar-refractivity contribution in [1.29, 1.82) is 0 Å². The van der Waals surface area contributed by atoms with Crippen LogP contribution in [0, 0.1) is 5.92 Å². The molecule has 2 fully saturated rings. The van der Waals surface area contributed by atoms with E-state index >= 15 is 0 Å². The molecular weight excluding hydrogens is 348 g/mol. The highest BCUT2D eigenvalue weighted by molar-refractivity contribution is 7.91. The van der Waals surface area contributed by atoms with Gasteiger partial charge in [-0.1, -0.05) is 42.5 Å². The molecule has 0 N–H and O–H groups in total. The average Bonchev–Trinajstić information content (AvgIpc) is 3.02. The van der Waals surface area contributed by atoms with Gasteiger partial charge in [0.1, 0.15) is 0 Å². The van der Waals surface area contributed by atoms with Gasteiger partial charge in [0.25, 0.3) is 0 Å². The van der Waals surface area contributed by atoms with Gasteiger partial charge in [0, 0.05) is 32.7 Å². The Morgan fingerprint density at radius 2 is 1.73 bits per heavy atom. The predicted octanol–water partition coefficient (Wildman–Crippen LogP) is 1.92. The number of nitrogens with zero attached hydrogens (tertiary/aromatic N) is 2. The van der Waals surface area contributed by atoms with Crippen LogP contribution in [0.2, 0.25) is 0 Å².